The van der Waals surface area contributed by atoms with Crippen LogP contribution in [0.3, 0.4) is 0 Å². The molecule has 1 heterocycles. The van der Waals surface area contributed by atoms with Gasteiger partial charge in [0.1, 0.15) is 5.82 Å². The lowest BCUT2D eigenvalue weighted by Gasteiger charge is -2.26. The highest BCUT2D eigenvalue weighted by atomic mass is 32.2. The molecule has 0 aromatic heterocycles. The Balaban J connectivity index is 2.29. The van der Waals surface area contributed by atoms with Crippen LogP contribution < -0.4 is 5.32 Å². The Morgan fingerprint density at radius 3 is 2.71 bits per heavy atom. The molecule has 1 aliphatic rings. The maximum atomic E-state index is 13.5. The maximum Gasteiger partial charge on any atom is 0.243 e. The van der Waals surface area contributed by atoms with Gasteiger partial charge < -0.3 is 5.32 Å². The normalized spacial score (nSPS) is 17.0. The molecule has 1 fully saturated rings. The fourth-order valence-corrected chi connectivity index (χ4v) is 5.05. The molecule has 7 heteroatoms. The fraction of sp³-hybridized carbons (Fsp3) is 0.571. The average Bonchev–Trinajstić information content (AvgIpc) is 2.50. The van der Waals surface area contributed by atoms with Crippen molar-refractivity contribution >= 4 is 21.8 Å². The predicted octanol–water partition coefficient (Wildman–Crippen LogP) is 2.06. The Labute approximate surface area is 130 Å². The van der Waals surface area contributed by atoms with Crippen LogP contribution in [0.1, 0.15) is 18.9 Å². The zero-order chi connectivity index (χ0) is 15.3. The molecule has 1 N–H and O–H groups in total. The molecule has 4 nitrogen and oxygen atoms in total. The van der Waals surface area contributed by atoms with Crippen LogP contribution in [0.2, 0.25) is 0 Å². The van der Waals surface area contributed by atoms with Crippen LogP contribution in [0.25, 0.3) is 0 Å². The summed E-state index contributed by atoms with van der Waals surface area (Å²) in [6.45, 7) is 4.26. The van der Waals surface area contributed by atoms with E-state index in [2.05, 4.69) is 5.32 Å². The molecule has 0 saturated carbocycles. The number of sulfonamides is 1. The number of thioether (sulfide) groups is 1. The molecular formula is C14H21FN2O2S2. The lowest BCUT2D eigenvalue weighted by Crippen LogP contribution is -2.38. The lowest BCUT2D eigenvalue weighted by atomic mass is 10.2. The minimum absolute atomic E-state index is 0.0954. The Morgan fingerprint density at radius 1 is 1.33 bits per heavy atom. The predicted molar refractivity (Wildman–Crippen MR) is 84.5 cm³/mol. The number of nitrogens with zero attached hydrogens (tertiary/aromatic N) is 1. The van der Waals surface area contributed by atoms with E-state index in [4.69, 9.17) is 0 Å². The van der Waals surface area contributed by atoms with Crippen LogP contribution in [0.4, 0.5) is 4.39 Å². The van der Waals surface area contributed by atoms with E-state index >= 15 is 0 Å². The first-order chi connectivity index (χ1) is 10.1. The third-order valence-corrected chi connectivity index (χ3v) is 6.28. The Bertz CT molecular complexity index is 572. The number of rotatable bonds is 6. The first-order valence-electron chi connectivity index (χ1n) is 7.12. The van der Waals surface area contributed by atoms with Gasteiger partial charge in [-0.25, -0.2) is 12.8 Å². The van der Waals surface area contributed by atoms with Gasteiger partial charge >= 0.3 is 0 Å². The van der Waals surface area contributed by atoms with E-state index in [1.54, 1.807) is 17.8 Å². The van der Waals surface area contributed by atoms with Crippen LogP contribution in [-0.2, 0) is 16.6 Å². The van der Waals surface area contributed by atoms with Crippen LogP contribution in [0, 0.1) is 5.82 Å². The van der Waals surface area contributed by atoms with Crippen molar-refractivity contribution in [3.63, 3.8) is 0 Å². The van der Waals surface area contributed by atoms with E-state index in [0.717, 1.165) is 30.5 Å². The first kappa shape index (κ1) is 16.7. The molecule has 0 atom stereocenters. The number of nitrogens with one attached hydrogen (secondary N) is 1. The van der Waals surface area contributed by atoms with E-state index in [1.807, 2.05) is 6.92 Å². The summed E-state index contributed by atoms with van der Waals surface area (Å²) in [7, 11) is -3.61. The zero-order valence-electron chi connectivity index (χ0n) is 12.1. The molecule has 1 saturated heterocycles. The summed E-state index contributed by atoms with van der Waals surface area (Å²) in [4.78, 5) is 0.0954. The molecule has 0 radical (unpaired) electrons. The smallest absolute Gasteiger partial charge is 0.243 e. The second-order valence-electron chi connectivity index (χ2n) is 4.95. The molecule has 1 aliphatic heterocycles. The molecule has 21 heavy (non-hydrogen) atoms. The maximum absolute atomic E-state index is 13.5. The number of halogens is 1. The Kier molecular flexibility index (Phi) is 6.04. The monoisotopic (exact) mass is 332 g/mol. The van der Waals surface area contributed by atoms with Crippen molar-refractivity contribution in [1.82, 2.24) is 9.62 Å². The zero-order valence-corrected chi connectivity index (χ0v) is 13.8. The van der Waals surface area contributed by atoms with Crippen LogP contribution in [-0.4, -0.2) is 43.9 Å². The van der Waals surface area contributed by atoms with Crippen molar-refractivity contribution in [3.8, 4) is 0 Å². The highest BCUT2D eigenvalue weighted by molar-refractivity contribution is 7.99. The van der Waals surface area contributed by atoms with Gasteiger partial charge in [-0.05, 0) is 30.7 Å². The summed E-state index contributed by atoms with van der Waals surface area (Å²) >= 11 is 1.74. The van der Waals surface area contributed by atoms with Gasteiger partial charge in [-0.3, -0.25) is 0 Å². The summed E-state index contributed by atoms with van der Waals surface area (Å²) in [5, 5.41) is 3.18. The molecule has 1 aromatic rings. The second-order valence-corrected chi connectivity index (χ2v) is 8.08. The van der Waals surface area contributed by atoms with Gasteiger partial charge in [0.15, 0.2) is 0 Å². The molecule has 118 valence electrons. The van der Waals surface area contributed by atoms with Crippen molar-refractivity contribution in [2.75, 3.05) is 31.1 Å². The van der Waals surface area contributed by atoms with E-state index in [1.165, 1.54) is 10.4 Å². The van der Waals surface area contributed by atoms with Crippen molar-refractivity contribution in [2.24, 2.45) is 0 Å². The van der Waals surface area contributed by atoms with E-state index in [-0.39, 0.29) is 4.90 Å². The van der Waals surface area contributed by atoms with Crippen LogP contribution >= 0.6 is 11.8 Å². The standard InChI is InChI=1S/C14H21FN2O2S2/c1-2-5-16-11-12-3-4-13(15)10-14(12)21(18,19)17-6-8-20-9-7-17/h3-4,10,16H,2,5-9,11H2,1H3. The quantitative estimate of drug-likeness (QED) is 0.810. The van der Waals surface area contributed by atoms with Gasteiger partial charge in [0, 0.05) is 31.1 Å². The fourth-order valence-electron chi connectivity index (χ4n) is 2.24. The topological polar surface area (TPSA) is 49.4 Å². The van der Waals surface area contributed by atoms with Crippen LogP contribution in [0.5, 0.6) is 0 Å². The van der Waals surface area contributed by atoms with Gasteiger partial charge in [-0.15, -0.1) is 0 Å². The minimum Gasteiger partial charge on any atom is -0.313 e. The number of hydrogen-bond donors (Lipinski definition) is 1. The van der Waals surface area contributed by atoms with Gasteiger partial charge in [0.05, 0.1) is 4.90 Å². The summed E-state index contributed by atoms with van der Waals surface area (Å²) in [6, 6.07) is 4.01. The van der Waals surface area contributed by atoms with Crippen molar-refractivity contribution in [3.05, 3.63) is 29.6 Å². The van der Waals surface area contributed by atoms with Gasteiger partial charge in [0.25, 0.3) is 0 Å². The lowest BCUT2D eigenvalue weighted by molar-refractivity contribution is 0.442. The average molecular weight is 332 g/mol. The number of benzene rings is 1. The molecule has 0 bridgehead atoms. The molecular weight excluding hydrogens is 311 g/mol. The number of hydrogen-bond acceptors (Lipinski definition) is 4. The molecule has 0 aliphatic carbocycles. The second kappa shape index (κ2) is 7.58. The molecule has 2 rings (SSSR count). The van der Waals surface area contributed by atoms with E-state index in [9.17, 15) is 12.8 Å². The SMILES string of the molecule is CCCNCc1ccc(F)cc1S(=O)(=O)N1CCSCC1. The van der Waals surface area contributed by atoms with Crippen LogP contribution in [0.15, 0.2) is 23.1 Å². The van der Waals surface area contributed by atoms with Gasteiger partial charge in [-0.2, -0.15) is 16.1 Å². The summed E-state index contributed by atoms with van der Waals surface area (Å²) in [6.07, 6.45) is 0.965. The molecule has 0 unspecified atom stereocenters. The van der Waals surface area contributed by atoms with Crippen molar-refractivity contribution < 1.29 is 12.8 Å². The van der Waals surface area contributed by atoms with Gasteiger partial charge in [-0.1, -0.05) is 13.0 Å². The molecule has 1 aromatic carbocycles. The summed E-state index contributed by atoms with van der Waals surface area (Å²) < 4.78 is 40.4. The van der Waals surface area contributed by atoms with E-state index < -0.39 is 15.8 Å². The minimum atomic E-state index is -3.61. The largest absolute Gasteiger partial charge is 0.313 e. The first-order valence-corrected chi connectivity index (χ1v) is 9.72. The highest BCUT2D eigenvalue weighted by Gasteiger charge is 2.28. The third kappa shape index (κ3) is 4.18. The molecule has 0 spiro atoms. The third-order valence-electron chi connectivity index (χ3n) is 3.36. The summed E-state index contributed by atoms with van der Waals surface area (Å²) in [5.41, 5.74) is 0.628. The van der Waals surface area contributed by atoms with Crippen molar-refractivity contribution in [2.45, 2.75) is 24.8 Å². The van der Waals surface area contributed by atoms with E-state index in [0.29, 0.717) is 25.2 Å². The highest BCUT2D eigenvalue weighted by Crippen LogP contribution is 2.24. The molecule has 0 amide bonds. The Hall–Kier alpha value is -0.630. The Morgan fingerprint density at radius 2 is 2.05 bits per heavy atom. The van der Waals surface area contributed by atoms with Gasteiger partial charge in [0.2, 0.25) is 10.0 Å². The summed E-state index contributed by atoms with van der Waals surface area (Å²) in [5.74, 6) is 1.06. The van der Waals surface area contributed by atoms with Crippen molar-refractivity contribution in [1.29, 1.82) is 0 Å².